The number of fused-ring (bicyclic) bond motifs is 8. The van der Waals surface area contributed by atoms with Crippen molar-refractivity contribution in [3.8, 4) is 5.69 Å². The van der Waals surface area contributed by atoms with Crippen LogP contribution < -0.4 is 0 Å². The Morgan fingerprint density at radius 2 is 1.14 bits per heavy atom. The Kier molecular flexibility index (Phi) is 3.29. The Labute approximate surface area is 167 Å². The van der Waals surface area contributed by atoms with Crippen LogP contribution in [-0.4, -0.2) is 4.57 Å². The zero-order valence-electron chi connectivity index (χ0n) is 15.1. The van der Waals surface area contributed by atoms with E-state index >= 15 is 0 Å². The molecule has 0 radical (unpaired) electrons. The summed E-state index contributed by atoms with van der Waals surface area (Å²) in [6.07, 6.45) is 0. The van der Waals surface area contributed by atoms with Crippen LogP contribution in [0, 0.1) is 0 Å². The SMILES string of the molecule is Clc1ccc2c3c4ccccc4c4ccccc4c3n(-c3ccccc3)c2c1. The number of halogens is 1. The third-order valence-electron chi connectivity index (χ3n) is 5.61. The summed E-state index contributed by atoms with van der Waals surface area (Å²) < 4.78 is 2.35. The van der Waals surface area contributed by atoms with Gasteiger partial charge in [-0.2, -0.15) is 0 Å². The van der Waals surface area contributed by atoms with Crippen molar-refractivity contribution < 1.29 is 0 Å². The van der Waals surface area contributed by atoms with Crippen LogP contribution in [0.5, 0.6) is 0 Å². The number of aromatic nitrogens is 1. The van der Waals surface area contributed by atoms with Gasteiger partial charge in [-0.3, -0.25) is 0 Å². The van der Waals surface area contributed by atoms with Gasteiger partial charge in [0.05, 0.1) is 11.0 Å². The van der Waals surface area contributed by atoms with Crippen molar-refractivity contribution >= 4 is 55.0 Å². The maximum absolute atomic E-state index is 6.43. The van der Waals surface area contributed by atoms with E-state index in [1.807, 2.05) is 6.07 Å². The molecule has 0 saturated heterocycles. The molecule has 6 aromatic rings. The molecule has 28 heavy (non-hydrogen) atoms. The van der Waals surface area contributed by atoms with Crippen molar-refractivity contribution in [3.63, 3.8) is 0 Å². The smallest absolute Gasteiger partial charge is 0.0625 e. The van der Waals surface area contributed by atoms with Gasteiger partial charge in [-0.1, -0.05) is 84.4 Å². The average molecular weight is 378 g/mol. The lowest BCUT2D eigenvalue weighted by Crippen LogP contribution is -1.94. The molecule has 0 aliphatic heterocycles. The highest BCUT2D eigenvalue weighted by molar-refractivity contribution is 6.34. The van der Waals surface area contributed by atoms with Gasteiger partial charge in [0.2, 0.25) is 0 Å². The number of hydrogen-bond acceptors (Lipinski definition) is 0. The molecule has 1 heterocycles. The molecule has 132 valence electrons. The normalized spacial score (nSPS) is 11.8. The van der Waals surface area contributed by atoms with Crippen LogP contribution in [-0.2, 0) is 0 Å². The topological polar surface area (TPSA) is 4.93 Å². The van der Waals surface area contributed by atoms with Crippen molar-refractivity contribution in [2.45, 2.75) is 0 Å². The molecule has 0 amide bonds. The first-order chi connectivity index (χ1) is 13.8. The van der Waals surface area contributed by atoms with Gasteiger partial charge in [0.1, 0.15) is 0 Å². The molecule has 0 bridgehead atoms. The summed E-state index contributed by atoms with van der Waals surface area (Å²) in [4.78, 5) is 0. The number of rotatable bonds is 1. The van der Waals surface area contributed by atoms with Gasteiger partial charge in [-0.05, 0) is 40.4 Å². The Hall–Kier alpha value is -3.29. The lowest BCUT2D eigenvalue weighted by Gasteiger charge is -2.12. The van der Waals surface area contributed by atoms with E-state index in [4.69, 9.17) is 11.6 Å². The fraction of sp³-hybridized carbons (Fsp3) is 0. The molecule has 5 aromatic carbocycles. The molecule has 1 nitrogen and oxygen atoms in total. The standard InChI is InChI=1S/C26H16ClN/c27-17-14-15-23-24(16-17)28(18-8-2-1-3-9-18)26-22-13-7-5-11-20(22)19-10-4-6-12-21(19)25(23)26/h1-16H. The predicted octanol–water partition coefficient (Wildman–Crippen LogP) is 7.74. The summed E-state index contributed by atoms with van der Waals surface area (Å²) in [7, 11) is 0. The van der Waals surface area contributed by atoms with E-state index in [1.54, 1.807) is 0 Å². The van der Waals surface area contributed by atoms with Crippen molar-refractivity contribution in [2.75, 3.05) is 0 Å². The van der Waals surface area contributed by atoms with Gasteiger partial charge < -0.3 is 4.57 Å². The van der Waals surface area contributed by atoms with Crippen molar-refractivity contribution in [3.05, 3.63) is 102 Å². The highest BCUT2D eigenvalue weighted by Crippen LogP contribution is 2.42. The van der Waals surface area contributed by atoms with Crippen LogP contribution in [0.4, 0.5) is 0 Å². The molecule has 6 rings (SSSR count). The molecule has 0 fully saturated rings. The first-order valence-corrected chi connectivity index (χ1v) is 9.79. The third kappa shape index (κ3) is 2.08. The summed E-state index contributed by atoms with van der Waals surface area (Å²) in [6, 6.07) is 34.1. The van der Waals surface area contributed by atoms with Gasteiger partial charge in [-0.25, -0.2) is 0 Å². The fourth-order valence-corrected chi connectivity index (χ4v) is 4.66. The van der Waals surface area contributed by atoms with E-state index in [1.165, 1.54) is 37.8 Å². The first-order valence-electron chi connectivity index (χ1n) is 9.41. The van der Waals surface area contributed by atoms with Gasteiger partial charge in [0.15, 0.2) is 0 Å². The minimum absolute atomic E-state index is 0.751. The Balaban J connectivity index is 2.02. The number of nitrogens with zero attached hydrogens (tertiary/aromatic N) is 1. The van der Waals surface area contributed by atoms with Gasteiger partial charge in [0, 0.05) is 26.9 Å². The zero-order chi connectivity index (χ0) is 18.7. The monoisotopic (exact) mass is 377 g/mol. The molecule has 0 N–H and O–H groups in total. The van der Waals surface area contributed by atoms with Crippen molar-refractivity contribution in [1.82, 2.24) is 4.57 Å². The maximum atomic E-state index is 6.43. The predicted molar refractivity (Wildman–Crippen MR) is 121 cm³/mol. The molecular formula is C26H16ClN. The number of para-hydroxylation sites is 1. The summed E-state index contributed by atoms with van der Waals surface area (Å²) >= 11 is 6.43. The molecule has 0 saturated carbocycles. The maximum Gasteiger partial charge on any atom is 0.0625 e. The van der Waals surface area contributed by atoms with Gasteiger partial charge in [-0.15, -0.1) is 0 Å². The summed E-state index contributed by atoms with van der Waals surface area (Å²) in [6.45, 7) is 0. The highest BCUT2D eigenvalue weighted by atomic mass is 35.5. The highest BCUT2D eigenvalue weighted by Gasteiger charge is 2.18. The second-order valence-electron chi connectivity index (χ2n) is 7.15. The van der Waals surface area contributed by atoms with Crippen LogP contribution in [0.2, 0.25) is 5.02 Å². The Bertz CT molecular complexity index is 1510. The van der Waals surface area contributed by atoms with E-state index in [-0.39, 0.29) is 0 Å². The molecule has 1 aromatic heterocycles. The van der Waals surface area contributed by atoms with E-state index in [0.717, 1.165) is 16.2 Å². The largest absolute Gasteiger partial charge is 0.309 e. The second kappa shape index (κ2) is 5.85. The van der Waals surface area contributed by atoms with Crippen LogP contribution in [0.3, 0.4) is 0 Å². The van der Waals surface area contributed by atoms with Crippen molar-refractivity contribution in [1.29, 1.82) is 0 Å². The van der Waals surface area contributed by atoms with Gasteiger partial charge in [0.25, 0.3) is 0 Å². The van der Waals surface area contributed by atoms with E-state index in [2.05, 4.69) is 95.6 Å². The minimum Gasteiger partial charge on any atom is -0.309 e. The lowest BCUT2D eigenvalue weighted by atomic mass is 9.97. The second-order valence-corrected chi connectivity index (χ2v) is 7.58. The van der Waals surface area contributed by atoms with Crippen LogP contribution in [0.25, 0.3) is 49.0 Å². The quantitative estimate of drug-likeness (QED) is 0.258. The number of benzene rings is 5. The van der Waals surface area contributed by atoms with Crippen LogP contribution in [0.15, 0.2) is 97.1 Å². The molecule has 0 aliphatic carbocycles. The minimum atomic E-state index is 0.751. The van der Waals surface area contributed by atoms with E-state index in [0.29, 0.717) is 0 Å². The molecule has 0 atom stereocenters. The lowest BCUT2D eigenvalue weighted by molar-refractivity contribution is 1.19. The van der Waals surface area contributed by atoms with Crippen molar-refractivity contribution in [2.24, 2.45) is 0 Å². The summed E-state index contributed by atoms with van der Waals surface area (Å²) in [5.74, 6) is 0. The molecule has 0 aliphatic rings. The summed E-state index contributed by atoms with van der Waals surface area (Å²) in [5.41, 5.74) is 3.51. The molecular weight excluding hydrogens is 362 g/mol. The summed E-state index contributed by atoms with van der Waals surface area (Å²) in [5, 5.41) is 8.35. The molecule has 0 spiro atoms. The van der Waals surface area contributed by atoms with E-state index < -0.39 is 0 Å². The fourth-order valence-electron chi connectivity index (χ4n) is 4.49. The van der Waals surface area contributed by atoms with Gasteiger partial charge >= 0.3 is 0 Å². The average Bonchev–Trinajstić information content (AvgIpc) is 3.09. The Morgan fingerprint density at radius 3 is 1.89 bits per heavy atom. The van der Waals surface area contributed by atoms with E-state index in [9.17, 15) is 0 Å². The van der Waals surface area contributed by atoms with Crippen LogP contribution >= 0.6 is 11.6 Å². The number of hydrogen-bond donors (Lipinski definition) is 0. The Morgan fingerprint density at radius 1 is 0.536 bits per heavy atom. The van der Waals surface area contributed by atoms with Crippen LogP contribution in [0.1, 0.15) is 0 Å². The first kappa shape index (κ1) is 15.7. The molecule has 0 unspecified atom stereocenters. The zero-order valence-corrected chi connectivity index (χ0v) is 15.8. The third-order valence-corrected chi connectivity index (χ3v) is 5.85. The molecule has 2 heteroatoms.